The van der Waals surface area contributed by atoms with E-state index in [4.69, 9.17) is 4.74 Å². The molecule has 0 saturated heterocycles. The summed E-state index contributed by atoms with van der Waals surface area (Å²) in [4.78, 5) is 26.1. The van der Waals surface area contributed by atoms with Crippen molar-refractivity contribution in [2.24, 2.45) is 0 Å². The fraction of sp³-hybridized carbons (Fsp3) is 0.636. The van der Waals surface area contributed by atoms with Crippen LogP contribution in [0.4, 0.5) is 0 Å². The Morgan fingerprint density at radius 1 is 0.508 bits per heavy atom. The smallest absolute Gasteiger partial charge is 0.306 e. The number of unbranched alkanes of at least 4 members (excludes halogenated alkanes) is 15. The lowest BCUT2D eigenvalue weighted by molar-refractivity contribution is -0.151. The number of aliphatic hydroxyl groups excluding tert-OH is 2. The van der Waals surface area contributed by atoms with E-state index < -0.39 is 18.2 Å². The molecule has 61 heavy (non-hydrogen) atoms. The van der Waals surface area contributed by atoms with E-state index in [9.17, 15) is 19.8 Å². The molecular formula is C55H91NO5. The molecule has 0 bridgehead atoms. The van der Waals surface area contributed by atoms with E-state index in [0.29, 0.717) is 25.7 Å². The van der Waals surface area contributed by atoms with Crippen LogP contribution >= 0.6 is 0 Å². The van der Waals surface area contributed by atoms with Gasteiger partial charge >= 0.3 is 5.97 Å². The lowest BCUT2D eigenvalue weighted by Gasteiger charge is -2.24. The molecule has 6 heteroatoms. The van der Waals surface area contributed by atoms with Crippen LogP contribution in [0.3, 0.4) is 0 Å². The maximum absolute atomic E-state index is 13.2. The lowest BCUT2D eigenvalue weighted by atomic mass is 10.0. The molecule has 3 N–H and O–H groups in total. The molecule has 0 radical (unpaired) electrons. The van der Waals surface area contributed by atoms with Crippen LogP contribution in [0.25, 0.3) is 0 Å². The summed E-state index contributed by atoms with van der Waals surface area (Å²) in [6.07, 6.45) is 64.3. The zero-order valence-electron chi connectivity index (χ0n) is 39.2. The second-order valence-electron chi connectivity index (χ2n) is 16.2. The first kappa shape index (κ1) is 57.5. The Bertz CT molecular complexity index is 1270. The molecule has 1 amide bonds. The average Bonchev–Trinajstić information content (AvgIpc) is 3.25. The lowest BCUT2D eigenvalue weighted by Crippen LogP contribution is -2.46. The fourth-order valence-electron chi connectivity index (χ4n) is 6.77. The average molecular weight is 846 g/mol. The van der Waals surface area contributed by atoms with Crippen molar-refractivity contribution in [3.05, 3.63) is 109 Å². The van der Waals surface area contributed by atoms with Gasteiger partial charge in [-0.25, -0.2) is 0 Å². The number of aliphatic hydroxyl groups is 2. The summed E-state index contributed by atoms with van der Waals surface area (Å²) in [5, 5.41) is 23.7. The van der Waals surface area contributed by atoms with Crippen molar-refractivity contribution in [1.82, 2.24) is 5.32 Å². The van der Waals surface area contributed by atoms with Crippen molar-refractivity contribution in [3.8, 4) is 0 Å². The topological polar surface area (TPSA) is 95.9 Å². The van der Waals surface area contributed by atoms with Gasteiger partial charge in [0.25, 0.3) is 0 Å². The van der Waals surface area contributed by atoms with Gasteiger partial charge < -0.3 is 20.3 Å². The van der Waals surface area contributed by atoms with E-state index in [2.05, 4.69) is 105 Å². The number of carbonyl (C=O) groups is 2. The number of hydrogen-bond acceptors (Lipinski definition) is 5. The fourth-order valence-corrected chi connectivity index (χ4v) is 6.77. The quantitative estimate of drug-likeness (QED) is 0.0246. The molecule has 3 atom stereocenters. The summed E-state index contributed by atoms with van der Waals surface area (Å²) < 4.78 is 5.87. The summed E-state index contributed by atoms with van der Waals surface area (Å²) in [6.45, 7) is 6.18. The van der Waals surface area contributed by atoms with Gasteiger partial charge in [0.2, 0.25) is 5.91 Å². The third-order valence-electron chi connectivity index (χ3n) is 10.4. The Hall–Kier alpha value is -3.48. The van der Waals surface area contributed by atoms with Crippen molar-refractivity contribution in [3.63, 3.8) is 0 Å². The molecule has 3 unspecified atom stereocenters. The number of amides is 1. The Morgan fingerprint density at radius 3 is 1.52 bits per heavy atom. The van der Waals surface area contributed by atoms with Crippen molar-refractivity contribution >= 4 is 11.9 Å². The van der Waals surface area contributed by atoms with Crippen molar-refractivity contribution < 1.29 is 24.5 Å². The third kappa shape index (κ3) is 43.0. The van der Waals surface area contributed by atoms with E-state index in [-0.39, 0.29) is 24.9 Å². The molecular weight excluding hydrogens is 755 g/mol. The number of carbonyl (C=O) groups excluding carboxylic acids is 2. The van der Waals surface area contributed by atoms with E-state index in [0.717, 1.165) is 89.9 Å². The molecule has 0 aliphatic heterocycles. The normalized spacial score (nSPS) is 14.2. The van der Waals surface area contributed by atoms with Gasteiger partial charge in [0, 0.05) is 6.42 Å². The van der Waals surface area contributed by atoms with Crippen LogP contribution in [0.2, 0.25) is 0 Å². The molecule has 0 heterocycles. The van der Waals surface area contributed by atoms with Crippen LogP contribution in [0.5, 0.6) is 0 Å². The number of nitrogens with one attached hydrogen (secondary N) is 1. The SMILES string of the molecule is CC/C=C\C/C=C\C/C=C\C/C=C\C/C=C\CCCC(=O)OC(CCCCC\C=C/C=C/C=C/C=C/CC)CC(=O)NC(CO)C(O)CCCCCCCCCCCCCC. The maximum Gasteiger partial charge on any atom is 0.306 e. The van der Waals surface area contributed by atoms with Gasteiger partial charge in [0.05, 0.1) is 25.2 Å². The van der Waals surface area contributed by atoms with Gasteiger partial charge in [0.1, 0.15) is 6.10 Å². The summed E-state index contributed by atoms with van der Waals surface area (Å²) in [5.74, 6) is -0.594. The Morgan fingerprint density at radius 2 is 0.967 bits per heavy atom. The van der Waals surface area contributed by atoms with E-state index in [1.807, 2.05) is 30.4 Å². The molecule has 0 saturated carbocycles. The summed E-state index contributed by atoms with van der Waals surface area (Å²) in [5.41, 5.74) is 0. The Kier molecular flexibility index (Phi) is 44.9. The maximum atomic E-state index is 13.2. The highest BCUT2D eigenvalue weighted by molar-refractivity contribution is 5.77. The molecule has 0 aromatic heterocycles. The molecule has 346 valence electrons. The van der Waals surface area contributed by atoms with Crippen LogP contribution in [-0.4, -0.2) is 46.9 Å². The van der Waals surface area contributed by atoms with Crippen LogP contribution in [0, 0.1) is 0 Å². The minimum absolute atomic E-state index is 0.0218. The summed E-state index contributed by atoms with van der Waals surface area (Å²) >= 11 is 0. The van der Waals surface area contributed by atoms with Gasteiger partial charge in [-0.05, 0) is 83.5 Å². The van der Waals surface area contributed by atoms with Gasteiger partial charge in [-0.3, -0.25) is 9.59 Å². The van der Waals surface area contributed by atoms with Crippen molar-refractivity contribution in [2.45, 2.75) is 219 Å². The Labute approximate surface area is 375 Å². The largest absolute Gasteiger partial charge is 0.462 e. The minimum atomic E-state index is -0.814. The molecule has 0 aromatic carbocycles. The predicted octanol–water partition coefficient (Wildman–Crippen LogP) is 14.7. The van der Waals surface area contributed by atoms with E-state index >= 15 is 0 Å². The van der Waals surface area contributed by atoms with Gasteiger partial charge in [-0.15, -0.1) is 0 Å². The van der Waals surface area contributed by atoms with E-state index in [1.54, 1.807) is 0 Å². The van der Waals surface area contributed by atoms with Crippen LogP contribution in [0.1, 0.15) is 201 Å². The summed E-state index contributed by atoms with van der Waals surface area (Å²) in [7, 11) is 0. The number of rotatable bonds is 42. The van der Waals surface area contributed by atoms with Gasteiger partial charge in [-0.2, -0.15) is 0 Å². The monoisotopic (exact) mass is 846 g/mol. The van der Waals surface area contributed by atoms with Crippen molar-refractivity contribution in [2.75, 3.05) is 6.61 Å². The number of hydrogen-bond donors (Lipinski definition) is 3. The number of ether oxygens (including phenoxy) is 1. The molecule has 0 fully saturated rings. The van der Waals surface area contributed by atoms with Gasteiger partial charge in [-0.1, -0.05) is 214 Å². The summed E-state index contributed by atoms with van der Waals surface area (Å²) in [6, 6.07) is -0.732. The zero-order valence-corrected chi connectivity index (χ0v) is 39.2. The molecule has 0 spiro atoms. The molecule has 6 nitrogen and oxygen atoms in total. The number of esters is 1. The van der Waals surface area contributed by atoms with Crippen LogP contribution < -0.4 is 5.32 Å². The molecule has 0 rings (SSSR count). The second kappa shape index (κ2) is 47.6. The first-order valence-electron chi connectivity index (χ1n) is 24.7. The standard InChI is InChI=1S/C55H91NO5/c1-4-7-10-13-16-19-22-25-26-27-28-30-33-36-39-42-45-48-55(60)61-51(46-43-40-37-34-31-29-23-20-17-14-11-8-5-2)49-54(59)56-52(50-57)53(58)47-44-41-38-35-32-24-21-18-15-12-9-6-3/h7-8,10-11,14,16-17,19-20,23,25-26,28-31,36,39,51-53,57-58H,4-6,9,12-13,15,18,21-22,24,27,32-35,37-38,40-50H2,1-3H3,(H,56,59)/b10-7-,11-8+,17-14+,19-16-,23-20+,26-25-,30-28-,31-29-,39-36-. The molecule has 0 aliphatic carbocycles. The van der Waals surface area contributed by atoms with Crippen molar-refractivity contribution in [1.29, 1.82) is 0 Å². The second-order valence-corrected chi connectivity index (χ2v) is 16.2. The highest BCUT2D eigenvalue weighted by Gasteiger charge is 2.24. The number of allylic oxidation sites excluding steroid dienone is 18. The van der Waals surface area contributed by atoms with E-state index in [1.165, 1.54) is 57.8 Å². The van der Waals surface area contributed by atoms with Gasteiger partial charge in [0.15, 0.2) is 0 Å². The molecule has 0 aliphatic rings. The first-order chi connectivity index (χ1) is 30.0. The first-order valence-corrected chi connectivity index (χ1v) is 24.7. The van der Waals surface area contributed by atoms with Crippen LogP contribution in [-0.2, 0) is 14.3 Å². The highest BCUT2D eigenvalue weighted by atomic mass is 16.5. The highest BCUT2D eigenvalue weighted by Crippen LogP contribution is 2.16. The minimum Gasteiger partial charge on any atom is -0.462 e. The molecule has 0 aromatic rings. The predicted molar refractivity (Wildman–Crippen MR) is 263 cm³/mol. The zero-order chi connectivity index (χ0) is 44.5. The third-order valence-corrected chi connectivity index (χ3v) is 10.4. The van der Waals surface area contributed by atoms with Crippen LogP contribution in [0.15, 0.2) is 109 Å². The Balaban J connectivity index is 4.76.